The molecule has 152 valence electrons. The molecule has 2 aromatic rings. The van der Waals surface area contributed by atoms with Crippen molar-refractivity contribution in [1.82, 2.24) is 0 Å². The standard InChI is InChI=1S/C19H24N2O5S2/c1-15-5-8-18(9-6-15)28(24,25)21-11-3-4-16-14-17(7-10-19(16)21)20-27(22,23)13-12-26-2/h5-10,14,20H,3-4,11-13H2,1-2H3. The van der Waals surface area contributed by atoms with Crippen LogP contribution in [-0.2, 0) is 31.2 Å². The summed E-state index contributed by atoms with van der Waals surface area (Å²) in [5.41, 5.74) is 2.80. The predicted octanol–water partition coefficient (Wildman–Crippen LogP) is 2.52. The van der Waals surface area contributed by atoms with Gasteiger partial charge in [0.2, 0.25) is 10.0 Å². The van der Waals surface area contributed by atoms with Crippen LogP contribution in [0, 0.1) is 6.92 Å². The highest BCUT2D eigenvalue weighted by molar-refractivity contribution is 7.93. The molecule has 0 radical (unpaired) electrons. The van der Waals surface area contributed by atoms with Gasteiger partial charge in [-0.15, -0.1) is 0 Å². The predicted molar refractivity (Wildman–Crippen MR) is 110 cm³/mol. The Bertz CT molecular complexity index is 1050. The molecule has 7 nitrogen and oxygen atoms in total. The average molecular weight is 425 g/mol. The van der Waals surface area contributed by atoms with E-state index >= 15 is 0 Å². The van der Waals surface area contributed by atoms with Crippen LogP contribution in [0.25, 0.3) is 0 Å². The number of aryl methyl sites for hydroxylation is 2. The number of sulfonamides is 2. The molecule has 0 atom stereocenters. The van der Waals surface area contributed by atoms with E-state index in [9.17, 15) is 16.8 Å². The largest absolute Gasteiger partial charge is 0.384 e. The fraction of sp³-hybridized carbons (Fsp3) is 0.368. The fourth-order valence-electron chi connectivity index (χ4n) is 3.14. The van der Waals surface area contributed by atoms with Crippen LogP contribution >= 0.6 is 0 Å². The minimum atomic E-state index is -3.67. The number of fused-ring (bicyclic) bond motifs is 1. The van der Waals surface area contributed by atoms with Crippen molar-refractivity contribution in [2.24, 2.45) is 0 Å². The lowest BCUT2D eigenvalue weighted by molar-refractivity contribution is 0.217. The van der Waals surface area contributed by atoms with Gasteiger partial charge < -0.3 is 4.74 Å². The Labute approximate surface area is 166 Å². The zero-order valence-corrected chi connectivity index (χ0v) is 17.5. The Morgan fingerprint density at radius 3 is 2.46 bits per heavy atom. The summed E-state index contributed by atoms with van der Waals surface area (Å²) in [5, 5.41) is 0. The Kier molecular flexibility index (Phi) is 5.97. The van der Waals surface area contributed by atoms with Gasteiger partial charge in [-0.2, -0.15) is 0 Å². The fourth-order valence-corrected chi connectivity index (χ4v) is 5.65. The third-order valence-corrected chi connectivity index (χ3v) is 7.67. The van der Waals surface area contributed by atoms with Crippen molar-refractivity contribution < 1.29 is 21.6 Å². The zero-order chi connectivity index (χ0) is 20.4. The first-order chi connectivity index (χ1) is 13.2. The van der Waals surface area contributed by atoms with Gasteiger partial charge in [0.05, 0.1) is 22.9 Å². The lowest BCUT2D eigenvalue weighted by Gasteiger charge is -2.31. The van der Waals surface area contributed by atoms with Gasteiger partial charge in [-0.05, 0) is 55.7 Å². The molecule has 1 heterocycles. The van der Waals surface area contributed by atoms with Crippen LogP contribution in [0.1, 0.15) is 17.5 Å². The van der Waals surface area contributed by atoms with Crippen LogP contribution < -0.4 is 9.03 Å². The van der Waals surface area contributed by atoms with Crippen molar-refractivity contribution >= 4 is 31.4 Å². The molecule has 0 saturated heterocycles. The highest BCUT2D eigenvalue weighted by Gasteiger charge is 2.29. The molecule has 1 aliphatic rings. The van der Waals surface area contributed by atoms with Crippen molar-refractivity contribution in [1.29, 1.82) is 0 Å². The number of rotatable bonds is 7. The Morgan fingerprint density at radius 1 is 1.07 bits per heavy atom. The summed E-state index contributed by atoms with van der Waals surface area (Å²) in [6, 6.07) is 11.7. The van der Waals surface area contributed by atoms with E-state index in [1.165, 1.54) is 11.4 Å². The summed E-state index contributed by atoms with van der Waals surface area (Å²) in [5.74, 6) is -0.144. The quantitative estimate of drug-likeness (QED) is 0.737. The number of nitrogens with one attached hydrogen (secondary N) is 1. The Morgan fingerprint density at radius 2 is 1.79 bits per heavy atom. The molecule has 0 aliphatic carbocycles. The number of nitrogens with zero attached hydrogens (tertiary/aromatic N) is 1. The second-order valence-corrected chi connectivity index (χ2v) is 10.5. The van der Waals surface area contributed by atoms with Gasteiger partial charge in [0.1, 0.15) is 0 Å². The van der Waals surface area contributed by atoms with Crippen molar-refractivity contribution in [3.63, 3.8) is 0 Å². The third kappa shape index (κ3) is 4.48. The van der Waals surface area contributed by atoms with Gasteiger partial charge in [0, 0.05) is 19.3 Å². The maximum Gasteiger partial charge on any atom is 0.264 e. The van der Waals surface area contributed by atoms with Crippen molar-refractivity contribution in [3.05, 3.63) is 53.6 Å². The second-order valence-electron chi connectivity index (χ2n) is 6.75. The molecule has 0 amide bonds. The normalized spacial score (nSPS) is 14.6. The SMILES string of the molecule is COCCS(=O)(=O)Nc1ccc2c(c1)CCCN2S(=O)(=O)c1ccc(C)cc1. The molecule has 0 unspecified atom stereocenters. The molecule has 0 bridgehead atoms. The van der Waals surface area contributed by atoms with E-state index in [4.69, 9.17) is 4.74 Å². The van der Waals surface area contributed by atoms with Gasteiger partial charge in [-0.3, -0.25) is 9.03 Å². The monoisotopic (exact) mass is 424 g/mol. The highest BCUT2D eigenvalue weighted by Crippen LogP contribution is 2.34. The number of anilines is 2. The van der Waals surface area contributed by atoms with E-state index in [-0.39, 0.29) is 17.3 Å². The molecule has 1 aliphatic heterocycles. The molecule has 0 fully saturated rings. The van der Waals surface area contributed by atoms with E-state index in [0.29, 0.717) is 30.8 Å². The third-order valence-electron chi connectivity index (χ3n) is 4.59. The van der Waals surface area contributed by atoms with E-state index < -0.39 is 20.0 Å². The van der Waals surface area contributed by atoms with Crippen LogP contribution in [0.15, 0.2) is 47.4 Å². The lowest BCUT2D eigenvalue weighted by atomic mass is 10.0. The molecule has 2 aromatic carbocycles. The number of hydrogen-bond donors (Lipinski definition) is 1. The molecular formula is C19H24N2O5S2. The molecule has 0 spiro atoms. The van der Waals surface area contributed by atoms with Crippen molar-refractivity contribution in [2.45, 2.75) is 24.7 Å². The minimum Gasteiger partial charge on any atom is -0.384 e. The Balaban J connectivity index is 1.90. The van der Waals surface area contributed by atoms with Crippen LogP contribution in [-0.4, -0.2) is 42.8 Å². The molecule has 28 heavy (non-hydrogen) atoms. The van der Waals surface area contributed by atoms with E-state index in [0.717, 1.165) is 11.1 Å². The van der Waals surface area contributed by atoms with Gasteiger partial charge >= 0.3 is 0 Å². The maximum absolute atomic E-state index is 13.1. The number of methoxy groups -OCH3 is 1. The van der Waals surface area contributed by atoms with Crippen LogP contribution in [0.5, 0.6) is 0 Å². The van der Waals surface area contributed by atoms with Crippen LogP contribution in [0.4, 0.5) is 11.4 Å². The summed E-state index contributed by atoms with van der Waals surface area (Å²) in [7, 11) is -5.75. The lowest BCUT2D eigenvalue weighted by Crippen LogP contribution is -2.35. The maximum atomic E-state index is 13.1. The Hall–Kier alpha value is -2.10. The summed E-state index contributed by atoms with van der Waals surface area (Å²) in [4.78, 5) is 0.246. The van der Waals surface area contributed by atoms with E-state index in [1.807, 2.05) is 6.92 Å². The topological polar surface area (TPSA) is 92.8 Å². The minimum absolute atomic E-state index is 0.100. The van der Waals surface area contributed by atoms with Gasteiger partial charge in [0.25, 0.3) is 10.0 Å². The first kappa shape index (κ1) is 20.6. The molecule has 9 heteroatoms. The summed E-state index contributed by atoms with van der Waals surface area (Å²) in [6.45, 7) is 2.40. The molecule has 0 saturated carbocycles. The number of ether oxygens (including phenoxy) is 1. The van der Waals surface area contributed by atoms with Gasteiger partial charge in [0.15, 0.2) is 0 Å². The van der Waals surface area contributed by atoms with E-state index in [2.05, 4.69) is 4.72 Å². The van der Waals surface area contributed by atoms with Crippen molar-refractivity contribution in [2.75, 3.05) is 35.0 Å². The molecule has 0 aromatic heterocycles. The average Bonchev–Trinajstić information content (AvgIpc) is 2.66. The van der Waals surface area contributed by atoms with Gasteiger partial charge in [-0.1, -0.05) is 17.7 Å². The van der Waals surface area contributed by atoms with Crippen molar-refractivity contribution in [3.8, 4) is 0 Å². The molecule has 1 N–H and O–H groups in total. The highest BCUT2D eigenvalue weighted by atomic mass is 32.2. The smallest absolute Gasteiger partial charge is 0.264 e. The summed E-state index contributed by atoms with van der Waals surface area (Å²) in [6.07, 6.45) is 1.35. The zero-order valence-electron chi connectivity index (χ0n) is 15.9. The summed E-state index contributed by atoms with van der Waals surface area (Å²) >= 11 is 0. The molecular weight excluding hydrogens is 400 g/mol. The first-order valence-corrected chi connectivity index (χ1v) is 12.0. The second kappa shape index (κ2) is 8.10. The van der Waals surface area contributed by atoms with E-state index in [1.54, 1.807) is 42.5 Å². The first-order valence-electron chi connectivity index (χ1n) is 8.95. The number of hydrogen-bond acceptors (Lipinski definition) is 5. The molecule has 3 rings (SSSR count). The van der Waals surface area contributed by atoms with Crippen LogP contribution in [0.3, 0.4) is 0 Å². The van der Waals surface area contributed by atoms with Gasteiger partial charge in [-0.25, -0.2) is 16.8 Å². The summed E-state index contributed by atoms with van der Waals surface area (Å²) < 4.78 is 59.1. The van der Waals surface area contributed by atoms with Crippen LogP contribution in [0.2, 0.25) is 0 Å². The number of benzene rings is 2.